The molecule has 0 fully saturated rings. The summed E-state index contributed by atoms with van der Waals surface area (Å²) in [5, 5.41) is 4.33. The second-order valence-corrected chi connectivity index (χ2v) is 8.76. The molecular weight excluding hydrogens is 462 g/mol. The van der Waals surface area contributed by atoms with E-state index >= 15 is 0 Å². The second-order valence-electron chi connectivity index (χ2n) is 7.75. The molecule has 0 unspecified atom stereocenters. The Kier molecular flexibility index (Phi) is 6.12. The normalized spacial score (nSPS) is 12.1. The van der Waals surface area contributed by atoms with Crippen molar-refractivity contribution in [3.05, 3.63) is 98.3 Å². The minimum absolute atomic E-state index is 0.0131. The van der Waals surface area contributed by atoms with Crippen molar-refractivity contribution in [2.75, 3.05) is 6.61 Å². The Bertz CT molecular complexity index is 1640. The molecule has 0 atom stereocenters. The Morgan fingerprint density at radius 1 is 1.06 bits per heavy atom. The van der Waals surface area contributed by atoms with Gasteiger partial charge in [0.25, 0.3) is 5.56 Å². The zero-order valence-corrected chi connectivity index (χ0v) is 19.9. The third-order valence-corrected chi connectivity index (χ3v) is 6.25. The zero-order chi connectivity index (χ0) is 24.4. The van der Waals surface area contributed by atoms with E-state index in [-0.39, 0.29) is 11.3 Å². The summed E-state index contributed by atoms with van der Waals surface area (Å²) in [6, 6.07) is 18.5. The number of aromatic nitrogens is 3. The first-order valence-electron chi connectivity index (χ1n) is 11.0. The fourth-order valence-corrected chi connectivity index (χ4v) is 4.41. The lowest BCUT2D eigenvalue weighted by molar-refractivity contribution is 0.101. The van der Waals surface area contributed by atoms with E-state index in [1.807, 2.05) is 55.5 Å². The monoisotopic (exact) mass is 483 g/mol. The van der Waals surface area contributed by atoms with Gasteiger partial charge in [-0.15, -0.1) is 5.10 Å². The number of carbonyl (C=O) groups excluding carboxylic acids is 1. The van der Waals surface area contributed by atoms with Crippen LogP contribution in [0.5, 0.6) is 5.75 Å². The van der Waals surface area contributed by atoms with Gasteiger partial charge in [0, 0.05) is 17.2 Å². The number of hydrogen-bond donors (Lipinski definition) is 0. The van der Waals surface area contributed by atoms with E-state index in [4.69, 9.17) is 9.15 Å². The molecule has 3 aromatic heterocycles. The van der Waals surface area contributed by atoms with Crippen molar-refractivity contribution in [1.82, 2.24) is 14.6 Å². The molecule has 5 rings (SSSR count). The van der Waals surface area contributed by atoms with E-state index in [0.29, 0.717) is 39.0 Å². The van der Waals surface area contributed by atoms with Crippen molar-refractivity contribution in [3.8, 4) is 17.1 Å². The van der Waals surface area contributed by atoms with Gasteiger partial charge in [0.2, 0.25) is 4.96 Å². The highest BCUT2D eigenvalue weighted by Crippen LogP contribution is 2.23. The van der Waals surface area contributed by atoms with Gasteiger partial charge in [-0.05, 0) is 49.8 Å². The summed E-state index contributed by atoms with van der Waals surface area (Å²) >= 11 is 1.25. The van der Waals surface area contributed by atoms with E-state index in [9.17, 15) is 9.59 Å². The van der Waals surface area contributed by atoms with Crippen molar-refractivity contribution in [2.24, 2.45) is 0 Å². The molecule has 8 heteroatoms. The maximum Gasteiger partial charge on any atom is 0.291 e. The number of fused-ring (bicyclic) bond motifs is 1. The molecule has 3 heterocycles. The minimum Gasteiger partial charge on any atom is -0.494 e. The minimum atomic E-state index is -0.248. The summed E-state index contributed by atoms with van der Waals surface area (Å²) in [6.07, 6.45) is 5.35. The number of carbonyl (C=O) groups is 1. The molecule has 174 valence electrons. The average molecular weight is 484 g/mol. The third-order valence-electron chi connectivity index (χ3n) is 5.29. The number of ether oxygens (including phenoxy) is 1. The highest BCUT2D eigenvalue weighted by atomic mass is 32.1. The lowest BCUT2D eigenvalue weighted by Crippen LogP contribution is -2.23. The third kappa shape index (κ3) is 4.83. The second kappa shape index (κ2) is 9.52. The predicted octanol–water partition coefficient (Wildman–Crippen LogP) is 4.73. The van der Waals surface area contributed by atoms with Gasteiger partial charge < -0.3 is 9.15 Å². The number of nitrogens with zero attached hydrogens (tertiary/aromatic N) is 3. The molecular formula is C27H21N3O4S. The Labute approximate surface area is 204 Å². The fourth-order valence-electron chi connectivity index (χ4n) is 3.52. The van der Waals surface area contributed by atoms with Crippen LogP contribution in [0.1, 0.15) is 41.4 Å². The number of hydrogen-bond acceptors (Lipinski definition) is 7. The summed E-state index contributed by atoms with van der Waals surface area (Å²) in [7, 11) is 0. The highest BCUT2D eigenvalue weighted by molar-refractivity contribution is 7.15. The van der Waals surface area contributed by atoms with Gasteiger partial charge in [0.15, 0.2) is 11.6 Å². The van der Waals surface area contributed by atoms with Crippen LogP contribution in [0.2, 0.25) is 0 Å². The number of ketones is 1. The summed E-state index contributed by atoms with van der Waals surface area (Å²) in [5.74, 6) is 2.50. The molecule has 0 spiro atoms. The van der Waals surface area contributed by atoms with Crippen molar-refractivity contribution >= 4 is 40.3 Å². The van der Waals surface area contributed by atoms with Crippen LogP contribution in [0.25, 0.3) is 34.5 Å². The molecule has 0 aliphatic rings. The van der Waals surface area contributed by atoms with Crippen LogP contribution < -0.4 is 14.8 Å². The zero-order valence-electron chi connectivity index (χ0n) is 19.1. The Balaban J connectivity index is 1.36. The molecule has 35 heavy (non-hydrogen) atoms. The molecule has 0 radical (unpaired) electrons. The van der Waals surface area contributed by atoms with E-state index in [1.165, 1.54) is 22.8 Å². The molecule has 2 aromatic carbocycles. The molecule has 0 aliphatic carbocycles. The number of benzene rings is 2. The van der Waals surface area contributed by atoms with E-state index in [1.54, 1.807) is 30.4 Å². The molecule has 0 bridgehead atoms. The first kappa shape index (κ1) is 22.5. The Hall–Kier alpha value is -4.30. The average Bonchev–Trinajstić information content (AvgIpc) is 3.56. The molecule has 0 saturated heterocycles. The molecule has 0 amide bonds. The first-order chi connectivity index (χ1) is 17.0. The van der Waals surface area contributed by atoms with Crippen LogP contribution in [-0.4, -0.2) is 27.0 Å². The number of Topliss-reactive ketones (excluding diaryl/α,β-unsaturated/α-hetero) is 1. The van der Waals surface area contributed by atoms with Crippen LogP contribution in [0, 0.1) is 0 Å². The van der Waals surface area contributed by atoms with Crippen molar-refractivity contribution < 1.29 is 13.9 Å². The highest BCUT2D eigenvalue weighted by Gasteiger charge is 2.10. The van der Waals surface area contributed by atoms with Crippen molar-refractivity contribution in [1.29, 1.82) is 0 Å². The lowest BCUT2D eigenvalue weighted by Gasteiger charge is -2.01. The van der Waals surface area contributed by atoms with Crippen LogP contribution >= 0.6 is 11.3 Å². The summed E-state index contributed by atoms with van der Waals surface area (Å²) in [4.78, 5) is 29.3. The number of furan rings is 1. The lowest BCUT2D eigenvalue weighted by atomic mass is 10.1. The van der Waals surface area contributed by atoms with E-state index < -0.39 is 0 Å². The van der Waals surface area contributed by atoms with Crippen molar-refractivity contribution in [2.45, 2.75) is 13.8 Å². The predicted molar refractivity (Wildman–Crippen MR) is 137 cm³/mol. The number of rotatable bonds is 7. The largest absolute Gasteiger partial charge is 0.494 e. The SMILES string of the molecule is CCOc1ccc(/C=C/c2nc3s/c(=C\c4ccc(-c5ccc(C(C)=O)cc5)o4)c(=O)n3n2)cc1. The maximum atomic E-state index is 12.8. The van der Waals surface area contributed by atoms with Gasteiger partial charge in [0.1, 0.15) is 21.8 Å². The van der Waals surface area contributed by atoms with Crippen LogP contribution in [0.4, 0.5) is 0 Å². The van der Waals surface area contributed by atoms with Gasteiger partial charge in [0.05, 0.1) is 6.61 Å². The van der Waals surface area contributed by atoms with Crippen LogP contribution in [0.3, 0.4) is 0 Å². The van der Waals surface area contributed by atoms with E-state index in [0.717, 1.165) is 16.9 Å². The van der Waals surface area contributed by atoms with Gasteiger partial charge >= 0.3 is 0 Å². The van der Waals surface area contributed by atoms with Gasteiger partial charge in [-0.1, -0.05) is 53.8 Å². The molecule has 0 aliphatic heterocycles. The van der Waals surface area contributed by atoms with Crippen LogP contribution in [0.15, 0.2) is 69.9 Å². The maximum absolute atomic E-state index is 12.8. The quantitative estimate of drug-likeness (QED) is 0.311. The first-order valence-corrected chi connectivity index (χ1v) is 11.9. The molecule has 7 nitrogen and oxygen atoms in total. The van der Waals surface area contributed by atoms with E-state index in [2.05, 4.69) is 10.1 Å². The smallest absolute Gasteiger partial charge is 0.291 e. The Morgan fingerprint density at radius 3 is 2.51 bits per heavy atom. The standard InChI is InChI=1S/C27H21N3O4S/c1-3-33-21-11-4-18(5-12-21)6-15-25-28-27-30(29-25)26(32)24(35-27)16-22-13-14-23(34-22)20-9-7-19(8-10-20)17(2)31/h4-16H,3H2,1-2H3/b15-6+,24-16-. The summed E-state index contributed by atoms with van der Waals surface area (Å²) < 4.78 is 13.1. The fraction of sp³-hybridized carbons (Fsp3) is 0.111. The number of thiazole rings is 1. The summed E-state index contributed by atoms with van der Waals surface area (Å²) in [5.41, 5.74) is 2.23. The topological polar surface area (TPSA) is 86.7 Å². The molecule has 5 aromatic rings. The molecule has 0 saturated carbocycles. The Morgan fingerprint density at radius 2 is 1.83 bits per heavy atom. The van der Waals surface area contributed by atoms with Crippen molar-refractivity contribution in [3.63, 3.8) is 0 Å². The van der Waals surface area contributed by atoms with Gasteiger partial charge in [-0.3, -0.25) is 9.59 Å². The molecule has 0 N–H and O–H groups in total. The van der Waals surface area contributed by atoms with Crippen LogP contribution in [-0.2, 0) is 0 Å². The summed E-state index contributed by atoms with van der Waals surface area (Å²) in [6.45, 7) is 4.10. The van der Waals surface area contributed by atoms with Gasteiger partial charge in [-0.2, -0.15) is 9.50 Å². The van der Waals surface area contributed by atoms with Gasteiger partial charge in [-0.25, -0.2) is 0 Å².